The highest BCUT2D eigenvalue weighted by Gasteiger charge is 2.09. The standard InChI is InChI=1S/C17H20BrN3O/c1-3-4-9-21(2)16-10-13(11-19-12-16)17(22)20-15-7-5-14(18)6-8-15/h5-8,10-12H,3-4,9H2,1-2H3,(H,20,22). The molecule has 0 atom stereocenters. The van der Waals surface area contributed by atoms with E-state index in [9.17, 15) is 4.79 Å². The molecule has 2 rings (SSSR count). The van der Waals surface area contributed by atoms with Crippen LogP contribution in [0.4, 0.5) is 11.4 Å². The summed E-state index contributed by atoms with van der Waals surface area (Å²) in [6, 6.07) is 9.36. The van der Waals surface area contributed by atoms with Crippen LogP contribution in [0.15, 0.2) is 47.2 Å². The normalized spacial score (nSPS) is 10.3. The summed E-state index contributed by atoms with van der Waals surface area (Å²) in [6.07, 6.45) is 5.63. The number of amides is 1. The lowest BCUT2D eigenvalue weighted by molar-refractivity contribution is 0.102. The molecular formula is C17H20BrN3O. The first-order valence-electron chi connectivity index (χ1n) is 7.33. The van der Waals surface area contributed by atoms with E-state index in [-0.39, 0.29) is 5.91 Å². The molecular weight excluding hydrogens is 342 g/mol. The Morgan fingerprint density at radius 2 is 2.00 bits per heavy atom. The molecule has 4 nitrogen and oxygen atoms in total. The fourth-order valence-corrected chi connectivity index (χ4v) is 2.29. The fourth-order valence-electron chi connectivity index (χ4n) is 2.02. The summed E-state index contributed by atoms with van der Waals surface area (Å²) in [5.74, 6) is -0.152. The lowest BCUT2D eigenvalue weighted by Crippen LogP contribution is -2.19. The molecule has 2 aromatic rings. The van der Waals surface area contributed by atoms with Crippen LogP contribution in [0.2, 0.25) is 0 Å². The lowest BCUT2D eigenvalue weighted by atomic mass is 10.2. The van der Waals surface area contributed by atoms with Crippen molar-refractivity contribution in [3.05, 3.63) is 52.8 Å². The first-order chi connectivity index (χ1) is 10.6. The Morgan fingerprint density at radius 3 is 2.68 bits per heavy atom. The van der Waals surface area contributed by atoms with Gasteiger partial charge in [0.2, 0.25) is 0 Å². The number of hydrogen-bond donors (Lipinski definition) is 1. The van der Waals surface area contributed by atoms with Crippen LogP contribution >= 0.6 is 15.9 Å². The van der Waals surface area contributed by atoms with E-state index in [1.807, 2.05) is 37.4 Å². The lowest BCUT2D eigenvalue weighted by Gasteiger charge is -2.19. The minimum atomic E-state index is -0.152. The van der Waals surface area contributed by atoms with Crippen LogP contribution < -0.4 is 10.2 Å². The molecule has 5 heteroatoms. The summed E-state index contributed by atoms with van der Waals surface area (Å²) in [7, 11) is 2.02. The molecule has 22 heavy (non-hydrogen) atoms. The molecule has 0 saturated heterocycles. The Labute approximate surface area is 139 Å². The number of unbranched alkanes of at least 4 members (excludes halogenated alkanes) is 1. The Hall–Kier alpha value is -1.88. The molecule has 1 aromatic carbocycles. The minimum Gasteiger partial charge on any atom is -0.373 e. The molecule has 0 aliphatic heterocycles. The Morgan fingerprint density at radius 1 is 1.27 bits per heavy atom. The van der Waals surface area contributed by atoms with Gasteiger partial charge in [-0.25, -0.2) is 0 Å². The summed E-state index contributed by atoms with van der Waals surface area (Å²) in [4.78, 5) is 18.6. The SMILES string of the molecule is CCCCN(C)c1cncc(C(=O)Nc2ccc(Br)cc2)c1. The Kier molecular flexibility index (Phi) is 5.95. The second-order valence-electron chi connectivity index (χ2n) is 5.17. The van der Waals surface area contributed by atoms with Crippen LogP contribution in [0.5, 0.6) is 0 Å². The molecule has 0 bridgehead atoms. The number of carbonyl (C=O) groups is 1. The average molecular weight is 362 g/mol. The van der Waals surface area contributed by atoms with Crippen LogP contribution in [0.3, 0.4) is 0 Å². The smallest absolute Gasteiger partial charge is 0.257 e. The molecule has 1 heterocycles. The third kappa shape index (κ3) is 4.56. The van der Waals surface area contributed by atoms with E-state index in [2.05, 4.69) is 38.1 Å². The summed E-state index contributed by atoms with van der Waals surface area (Å²) in [5.41, 5.74) is 2.28. The zero-order valence-electron chi connectivity index (χ0n) is 12.8. The first kappa shape index (κ1) is 16.5. The third-order valence-electron chi connectivity index (χ3n) is 3.38. The highest BCUT2D eigenvalue weighted by atomic mass is 79.9. The third-order valence-corrected chi connectivity index (χ3v) is 3.90. The molecule has 0 aliphatic rings. The molecule has 116 valence electrons. The summed E-state index contributed by atoms with van der Waals surface area (Å²) >= 11 is 3.37. The zero-order valence-corrected chi connectivity index (χ0v) is 14.4. The number of nitrogens with one attached hydrogen (secondary N) is 1. The van der Waals surface area contributed by atoms with Crippen molar-refractivity contribution in [2.75, 3.05) is 23.8 Å². The van der Waals surface area contributed by atoms with Crippen molar-refractivity contribution < 1.29 is 4.79 Å². The minimum absolute atomic E-state index is 0.152. The number of pyridine rings is 1. The molecule has 0 radical (unpaired) electrons. The number of nitrogens with zero attached hydrogens (tertiary/aromatic N) is 2. The molecule has 1 aromatic heterocycles. The monoisotopic (exact) mass is 361 g/mol. The number of carbonyl (C=O) groups excluding carboxylic acids is 1. The van der Waals surface area contributed by atoms with E-state index in [0.29, 0.717) is 5.56 Å². The second-order valence-corrected chi connectivity index (χ2v) is 6.08. The van der Waals surface area contributed by atoms with Crippen molar-refractivity contribution in [1.29, 1.82) is 0 Å². The van der Waals surface area contributed by atoms with Crippen molar-refractivity contribution in [3.63, 3.8) is 0 Å². The first-order valence-corrected chi connectivity index (χ1v) is 8.12. The van der Waals surface area contributed by atoms with E-state index in [4.69, 9.17) is 0 Å². The molecule has 1 amide bonds. The summed E-state index contributed by atoms with van der Waals surface area (Å²) in [5, 5.41) is 2.88. The van der Waals surface area contributed by atoms with Gasteiger partial charge in [0.05, 0.1) is 17.4 Å². The van der Waals surface area contributed by atoms with Crippen molar-refractivity contribution in [2.45, 2.75) is 19.8 Å². The Balaban J connectivity index is 2.08. The highest BCUT2D eigenvalue weighted by molar-refractivity contribution is 9.10. The van der Waals surface area contributed by atoms with Gasteiger partial charge in [0.1, 0.15) is 0 Å². The number of rotatable bonds is 6. The maximum Gasteiger partial charge on any atom is 0.257 e. The van der Waals surface area contributed by atoms with Gasteiger partial charge < -0.3 is 10.2 Å². The predicted molar refractivity (Wildman–Crippen MR) is 94.5 cm³/mol. The second kappa shape index (κ2) is 7.94. The van der Waals surface area contributed by atoms with Gasteiger partial charge in [-0.2, -0.15) is 0 Å². The van der Waals surface area contributed by atoms with Crippen LogP contribution in [0.25, 0.3) is 0 Å². The largest absolute Gasteiger partial charge is 0.373 e. The van der Waals surface area contributed by atoms with E-state index in [1.165, 1.54) is 0 Å². The number of halogens is 1. The summed E-state index contributed by atoms with van der Waals surface area (Å²) < 4.78 is 0.978. The fraction of sp³-hybridized carbons (Fsp3) is 0.294. The zero-order chi connectivity index (χ0) is 15.9. The highest BCUT2D eigenvalue weighted by Crippen LogP contribution is 2.17. The van der Waals surface area contributed by atoms with Crippen LogP contribution in [-0.4, -0.2) is 24.5 Å². The molecule has 0 spiro atoms. The van der Waals surface area contributed by atoms with Gasteiger partial charge in [0, 0.05) is 29.9 Å². The van der Waals surface area contributed by atoms with Crippen molar-refractivity contribution in [2.24, 2.45) is 0 Å². The topological polar surface area (TPSA) is 45.2 Å². The average Bonchev–Trinajstić information content (AvgIpc) is 2.54. The van der Waals surface area contributed by atoms with E-state index >= 15 is 0 Å². The van der Waals surface area contributed by atoms with E-state index in [1.54, 1.807) is 12.4 Å². The van der Waals surface area contributed by atoms with Crippen molar-refractivity contribution in [3.8, 4) is 0 Å². The molecule has 1 N–H and O–H groups in total. The van der Waals surface area contributed by atoms with Gasteiger partial charge in [0.15, 0.2) is 0 Å². The summed E-state index contributed by atoms with van der Waals surface area (Å²) in [6.45, 7) is 3.12. The maximum atomic E-state index is 12.3. The van der Waals surface area contributed by atoms with E-state index < -0.39 is 0 Å². The molecule has 0 saturated carbocycles. The molecule has 0 fully saturated rings. The molecule has 0 unspecified atom stereocenters. The van der Waals surface area contributed by atoms with Gasteiger partial charge in [-0.05, 0) is 36.8 Å². The maximum absolute atomic E-state index is 12.3. The van der Waals surface area contributed by atoms with Gasteiger partial charge in [-0.15, -0.1) is 0 Å². The van der Waals surface area contributed by atoms with Gasteiger partial charge in [0.25, 0.3) is 5.91 Å². The van der Waals surface area contributed by atoms with E-state index in [0.717, 1.165) is 35.2 Å². The number of benzene rings is 1. The quantitative estimate of drug-likeness (QED) is 0.832. The Bertz CT molecular complexity index is 628. The number of aromatic nitrogens is 1. The van der Waals surface area contributed by atoms with Crippen LogP contribution in [-0.2, 0) is 0 Å². The van der Waals surface area contributed by atoms with Gasteiger partial charge in [-0.3, -0.25) is 9.78 Å². The number of hydrogen-bond acceptors (Lipinski definition) is 3. The number of anilines is 2. The van der Waals surface area contributed by atoms with Crippen LogP contribution in [0, 0.1) is 0 Å². The predicted octanol–water partition coefficient (Wildman–Crippen LogP) is 4.33. The van der Waals surface area contributed by atoms with Crippen molar-refractivity contribution >= 4 is 33.2 Å². The molecule has 0 aliphatic carbocycles. The van der Waals surface area contributed by atoms with Crippen molar-refractivity contribution in [1.82, 2.24) is 4.98 Å². The van der Waals surface area contributed by atoms with Crippen LogP contribution in [0.1, 0.15) is 30.1 Å². The van der Waals surface area contributed by atoms with Gasteiger partial charge >= 0.3 is 0 Å². The van der Waals surface area contributed by atoms with Gasteiger partial charge in [-0.1, -0.05) is 29.3 Å².